The summed E-state index contributed by atoms with van der Waals surface area (Å²) in [5.41, 5.74) is -2.06. The van der Waals surface area contributed by atoms with E-state index in [4.69, 9.17) is 20.8 Å². The van der Waals surface area contributed by atoms with Gasteiger partial charge in [-0.3, -0.25) is 14.4 Å². The normalized spacial score (nSPS) is 13.8. The Labute approximate surface area is 250 Å². The first-order valence-corrected chi connectivity index (χ1v) is 13.7. The number of fused-ring (bicyclic) bond motifs is 1. The van der Waals surface area contributed by atoms with Crippen molar-refractivity contribution in [3.8, 4) is 5.75 Å². The van der Waals surface area contributed by atoms with Crippen molar-refractivity contribution in [1.29, 1.82) is 0 Å². The molecule has 1 aromatic heterocycles. The highest BCUT2D eigenvalue weighted by Gasteiger charge is 2.38. The maximum atomic E-state index is 15.5. The van der Waals surface area contributed by atoms with E-state index in [9.17, 15) is 24.3 Å². The summed E-state index contributed by atoms with van der Waals surface area (Å²) in [6.07, 6.45) is 0. The van der Waals surface area contributed by atoms with Crippen LogP contribution in [0.25, 0.3) is 0 Å². The first kappa shape index (κ1) is 29.8. The first-order valence-electron chi connectivity index (χ1n) is 13.3. The molecule has 3 N–H and O–H groups in total. The van der Waals surface area contributed by atoms with Gasteiger partial charge in [0.05, 0.1) is 42.2 Å². The summed E-state index contributed by atoms with van der Waals surface area (Å²) in [6, 6.07) is 6.42. The zero-order chi connectivity index (χ0) is 31.5. The summed E-state index contributed by atoms with van der Waals surface area (Å²) in [7, 11) is 1.39. The lowest BCUT2D eigenvalue weighted by atomic mass is 9.84. The summed E-state index contributed by atoms with van der Waals surface area (Å²) >= 11 is 6.35. The number of carbonyl (C=O) groups is 2. The Morgan fingerprint density at radius 1 is 1.09 bits per heavy atom. The van der Waals surface area contributed by atoms with Crippen LogP contribution in [0.2, 0.25) is 5.02 Å². The minimum Gasteiger partial charge on any atom is -0.497 e. The van der Waals surface area contributed by atoms with Crippen molar-refractivity contribution in [2.75, 3.05) is 22.6 Å². The lowest BCUT2D eigenvalue weighted by Crippen LogP contribution is -2.39. The standard InChI is InChI=1S/C31H29ClFN3O7/c1-13-9-21(43-14(13)2)28(31(3,4)5)35-25-24(26(37)27(25)38)34-23-19(33)11-18(32)17-12-36(29(39)22(17)23)20-10-15(42-6)7-8-16(20)30(40)41/h7-11,28,34-35H,12H2,1-6H3,(H,40,41)/t28-/m0/s1. The van der Waals surface area contributed by atoms with Crippen LogP contribution in [0.15, 0.2) is 44.3 Å². The van der Waals surface area contributed by atoms with E-state index in [1.165, 1.54) is 25.3 Å². The number of nitrogens with one attached hydrogen (secondary N) is 2. The van der Waals surface area contributed by atoms with E-state index in [0.29, 0.717) is 17.3 Å². The molecule has 2 heterocycles. The molecule has 1 amide bonds. The fraction of sp³-hybridized carbons (Fsp3) is 0.290. The van der Waals surface area contributed by atoms with Gasteiger partial charge in [-0.05, 0) is 49.1 Å². The number of aryl methyl sites for hydroxylation is 2. The van der Waals surface area contributed by atoms with Crippen LogP contribution in [0, 0.1) is 25.1 Å². The number of carbonyl (C=O) groups excluding carboxylic acids is 1. The highest BCUT2D eigenvalue weighted by molar-refractivity contribution is 6.33. The summed E-state index contributed by atoms with van der Waals surface area (Å²) < 4.78 is 26.6. The molecule has 0 aliphatic carbocycles. The molecule has 0 saturated heterocycles. The third-order valence-electron chi connectivity index (χ3n) is 7.62. The Morgan fingerprint density at radius 3 is 2.35 bits per heavy atom. The van der Waals surface area contributed by atoms with Crippen molar-refractivity contribution in [3.63, 3.8) is 0 Å². The fourth-order valence-electron chi connectivity index (χ4n) is 5.15. The molecule has 1 aliphatic heterocycles. The fourth-order valence-corrected chi connectivity index (χ4v) is 5.40. The second-order valence-corrected chi connectivity index (χ2v) is 11.9. The number of carboxylic acid groups (broad SMARTS) is 1. The van der Waals surface area contributed by atoms with E-state index in [2.05, 4.69) is 10.6 Å². The molecule has 0 saturated carbocycles. The number of rotatable bonds is 8. The van der Waals surface area contributed by atoms with Crippen LogP contribution in [-0.2, 0) is 6.54 Å². The van der Waals surface area contributed by atoms with Gasteiger partial charge in [0, 0.05) is 16.7 Å². The van der Waals surface area contributed by atoms with Crippen LogP contribution in [0.3, 0.4) is 0 Å². The van der Waals surface area contributed by atoms with Crippen LogP contribution < -0.4 is 31.1 Å². The van der Waals surface area contributed by atoms with Gasteiger partial charge in [-0.1, -0.05) is 32.4 Å². The zero-order valence-corrected chi connectivity index (χ0v) is 25.0. The van der Waals surface area contributed by atoms with Gasteiger partial charge in [-0.25, -0.2) is 9.18 Å². The van der Waals surface area contributed by atoms with E-state index < -0.39 is 40.0 Å². The monoisotopic (exact) mass is 609 g/mol. The van der Waals surface area contributed by atoms with Gasteiger partial charge in [-0.2, -0.15) is 0 Å². The Bertz CT molecular complexity index is 1860. The van der Waals surface area contributed by atoms with Crippen LogP contribution >= 0.6 is 11.6 Å². The molecule has 10 nitrogen and oxygen atoms in total. The van der Waals surface area contributed by atoms with Gasteiger partial charge >= 0.3 is 5.97 Å². The number of benzene rings is 2. The molecule has 1 aliphatic rings. The molecule has 3 aromatic carbocycles. The quantitative estimate of drug-likeness (QED) is 0.202. The SMILES string of the molecule is COc1ccc(C(=O)O)c(N2Cc3c(Cl)cc(F)c(Nc4c(N[C@@H](c5cc(C)c(C)o5)C(C)(C)C)c(=O)c4=O)c3C2=O)c1. The molecule has 0 radical (unpaired) electrons. The lowest BCUT2D eigenvalue weighted by molar-refractivity contribution is 0.0697. The van der Waals surface area contributed by atoms with Gasteiger partial charge < -0.3 is 29.8 Å². The lowest BCUT2D eigenvalue weighted by Gasteiger charge is -2.31. The number of carboxylic acids is 1. The number of amides is 1. The molecular weight excluding hydrogens is 581 g/mol. The molecule has 0 fully saturated rings. The summed E-state index contributed by atoms with van der Waals surface area (Å²) in [6.45, 7) is 9.33. The molecular formula is C31H29ClFN3O7. The second kappa shape index (κ2) is 10.6. The molecule has 12 heteroatoms. The van der Waals surface area contributed by atoms with Gasteiger partial charge in [0.2, 0.25) is 0 Å². The molecule has 43 heavy (non-hydrogen) atoms. The predicted octanol–water partition coefficient (Wildman–Crippen LogP) is 6.10. The Kier molecular flexibility index (Phi) is 7.33. The minimum atomic E-state index is -1.29. The third kappa shape index (κ3) is 5.03. The van der Waals surface area contributed by atoms with Crippen molar-refractivity contribution in [1.82, 2.24) is 0 Å². The summed E-state index contributed by atoms with van der Waals surface area (Å²) in [5.74, 6) is -1.42. The van der Waals surface area contributed by atoms with Crippen molar-refractivity contribution in [2.24, 2.45) is 5.41 Å². The van der Waals surface area contributed by atoms with Gasteiger partial charge in [0.1, 0.15) is 34.5 Å². The minimum absolute atomic E-state index is 0.0176. The average molecular weight is 610 g/mol. The number of anilines is 4. The van der Waals surface area contributed by atoms with E-state index in [-0.39, 0.29) is 51.0 Å². The van der Waals surface area contributed by atoms with Crippen LogP contribution in [0.5, 0.6) is 5.75 Å². The van der Waals surface area contributed by atoms with Gasteiger partial charge in [0.15, 0.2) is 0 Å². The number of methoxy groups -OCH3 is 1. The van der Waals surface area contributed by atoms with Crippen LogP contribution in [0.4, 0.5) is 27.1 Å². The third-order valence-corrected chi connectivity index (χ3v) is 7.96. The largest absolute Gasteiger partial charge is 0.497 e. The number of ether oxygens (including phenoxy) is 1. The first-order chi connectivity index (χ1) is 20.1. The number of hydrogen-bond donors (Lipinski definition) is 3. The molecule has 0 bridgehead atoms. The Hall–Kier alpha value is -4.64. The smallest absolute Gasteiger partial charge is 0.337 e. The average Bonchev–Trinajstić information content (AvgIpc) is 3.46. The molecule has 0 unspecified atom stereocenters. The van der Waals surface area contributed by atoms with Crippen LogP contribution in [0.1, 0.15) is 70.2 Å². The van der Waals surface area contributed by atoms with Crippen molar-refractivity contribution in [2.45, 2.75) is 47.2 Å². The molecule has 1 atom stereocenters. The topological polar surface area (TPSA) is 138 Å². The molecule has 5 rings (SSSR count). The predicted molar refractivity (Wildman–Crippen MR) is 161 cm³/mol. The molecule has 0 spiro atoms. The second-order valence-electron chi connectivity index (χ2n) is 11.5. The number of hydrogen-bond acceptors (Lipinski definition) is 8. The number of nitrogens with zero attached hydrogens (tertiary/aromatic N) is 1. The van der Waals surface area contributed by atoms with Gasteiger partial charge in [0.25, 0.3) is 16.8 Å². The van der Waals surface area contributed by atoms with E-state index in [0.717, 1.165) is 16.5 Å². The number of halogens is 2. The number of aromatic carboxylic acids is 1. The molecule has 224 valence electrons. The number of furan rings is 1. The summed E-state index contributed by atoms with van der Waals surface area (Å²) in [4.78, 5) is 52.4. The van der Waals surface area contributed by atoms with E-state index in [1.807, 2.05) is 40.7 Å². The van der Waals surface area contributed by atoms with Crippen molar-refractivity contribution >= 4 is 46.2 Å². The highest BCUT2D eigenvalue weighted by Crippen LogP contribution is 2.43. The Balaban J connectivity index is 1.56. The summed E-state index contributed by atoms with van der Waals surface area (Å²) in [5, 5.41) is 15.5. The maximum Gasteiger partial charge on any atom is 0.337 e. The van der Waals surface area contributed by atoms with Crippen molar-refractivity contribution in [3.05, 3.63) is 95.4 Å². The van der Waals surface area contributed by atoms with E-state index in [1.54, 1.807) is 0 Å². The zero-order valence-electron chi connectivity index (χ0n) is 24.3. The highest BCUT2D eigenvalue weighted by atomic mass is 35.5. The molecule has 4 aromatic rings. The van der Waals surface area contributed by atoms with Gasteiger partial charge in [-0.15, -0.1) is 0 Å². The van der Waals surface area contributed by atoms with Crippen LogP contribution in [-0.4, -0.2) is 24.1 Å². The maximum absolute atomic E-state index is 15.5. The Morgan fingerprint density at radius 2 is 1.77 bits per heavy atom. The van der Waals surface area contributed by atoms with E-state index >= 15 is 4.39 Å². The van der Waals surface area contributed by atoms with Crippen molar-refractivity contribution < 1.29 is 28.2 Å².